The summed E-state index contributed by atoms with van der Waals surface area (Å²) in [6.45, 7) is 9.84. The number of alkyl halides is 2. The van der Waals surface area contributed by atoms with Crippen molar-refractivity contribution in [2.75, 3.05) is 0 Å². The zero-order valence-corrected chi connectivity index (χ0v) is 14.6. The van der Waals surface area contributed by atoms with E-state index in [0.29, 0.717) is 12.8 Å². The van der Waals surface area contributed by atoms with E-state index in [1.807, 2.05) is 0 Å². The van der Waals surface area contributed by atoms with E-state index in [9.17, 15) is 8.78 Å². The van der Waals surface area contributed by atoms with Crippen molar-refractivity contribution in [3.63, 3.8) is 0 Å². The molecule has 2 fully saturated rings. The van der Waals surface area contributed by atoms with Crippen LogP contribution in [0, 0.1) is 17.8 Å². The standard InChI is InChI=1S/C18H30F2S/c1-13-5-7-16(12-14(2)11-13)8-6-15(3)21-18(9-10-18)17(4,19)20/h13-14,16H,3,5-12H2,1-2,4H3/t13?,14-,16?/m1/s1. The first-order valence-electron chi connectivity index (χ1n) is 8.46. The van der Waals surface area contributed by atoms with Gasteiger partial charge in [0, 0.05) is 6.92 Å². The van der Waals surface area contributed by atoms with Crippen LogP contribution in [0.3, 0.4) is 0 Å². The fourth-order valence-corrected chi connectivity index (χ4v) is 5.06. The summed E-state index contributed by atoms with van der Waals surface area (Å²) >= 11 is 1.37. The van der Waals surface area contributed by atoms with E-state index in [4.69, 9.17) is 0 Å². The predicted molar refractivity (Wildman–Crippen MR) is 88.8 cm³/mol. The molecule has 0 spiro atoms. The Kier molecular flexibility index (Phi) is 5.44. The summed E-state index contributed by atoms with van der Waals surface area (Å²) in [6, 6.07) is 0. The smallest absolute Gasteiger partial charge is 0.206 e. The molecule has 3 heteroatoms. The third-order valence-corrected chi connectivity index (χ3v) is 6.93. The molecular formula is C18H30F2S. The molecule has 0 aromatic carbocycles. The molecule has 0 amide bonds. The van der Waals surface area contributed by atoms with Gasteiger partial charge in [0.2, 0.25) is 0 Å². The lowest BCUT2D eigenvalue weighted by Crippen LogP contribution is -2.29. The van der Waals surface area contributed by atoms with E-state index in [1.165, 1.54) is 37.4 Å². The van der Waals surface area contributed by atoms with Gasteiger partial charge in [-0.05, 0) is 61.2 Å². The molecule has 2 rings (SSSR count). The normalized spacial score (nSPS) is 32.5. The van der Waals surface area contributed by atoms with Gasteiger partial charge in [-0.2, -0.15) is 0 Å². The van der Waals surface area contributed by atoms with Crippen molar-refractivity contribution in [3.05, 3.63) is 11.5 Å². The Bertz CT molecular complexity index is 368. The van der Waals surface area contributed by atoms with Crippen LogP contribution >= 0.6 is 11.8 Å². The van der Waals surface area contributed by atoms with Crippen LogP contribution in [-0.4, -0.2) is 10.7 Å². The largest absolute Gasteiger partial charge is 0.260 e. The molecule has 0 aliphatic heterocycles. The van der Waals surface area contributed by atoms with Gasteiger partial charge in [0.15, 0.2) is 0 Å². The van der Waals surface area contributed by atoms with Gasteiger partial charge >= 0.3 is 0 Å². The number of rotatable bonds is 6. The van der Waals surface area contributed by atoms with E-state index in [2.05, 4.69) is 20.4 Å². The van der Waals surface area contributed by atoms with E-state index in [-0.39, 0.29) is 0 Å². The van der Waals surface area contributed by atoms with Gasteiger partial charge in [0.1, 0.15) is 0 Å². The lowest BCUT2D eigenvalue weighted by atomic mass is 9.91. The summed E-state index contributed by atoms with van der Waals surface area (Å²) in [4.78, 5) is 0.971. The van der Waals surface area contributed by atoms with Crippen molar-refractivity contribution < 1.29 is 8.78 Å². The highest BCUT2D eigenvalue weighted by Gasteiger charge is 2.59. The van der Waals surface area contributed by atoms with Crippen LogP contribution in [-0.2, 0) is 0 Å². The van der Waals surface area contributed by atoms with Crippen molar-refractivity contribution in [1.82, 2.24) is 0 Å². The molecule has 0 N–H and O–H groups in total. The maximum atomic E-state index is 13.6. The minimum absolute atomic E-state index is 0.637. The van der Waals surface area contributed by atoms with Gasteiger partial charge in [-0.25, -0.2) is 8.78 Å². The molecule has 2 unspecified atom stereocenters. The molecule has 0 nitrogen and oxygen atoms in total. The maximum absolute atomic E-state index is 13.6. The zero-order chi connectivity index (χ0) is 15.7. The van der Waals surface area contributed by atoms with Crippen molar-refractivity contribution in [2.24, 2.45) is 17.8 Å². The van der Waals surface area contributed by atoms with E-state index < -0.39 is 10.7 Å². The number of hydrogen-bond donors (Lipinski definition) is 0. The fraction of sp³-hybridized carbons (Fsp3) is 0.889. The molecule has 0 bridgehead atoms. The van der Waals surface area contributed by atoms with E-state index in [0.717, 1.165) is 42.4 Å². The summed E-state index contributed by atoms with van der Waals surface area (Å²) < 4.78 is 26.4. The third kappa shape index (κ3) is 4.71. The molecule has 0 radical (unpaired) electrons. The van der Waals surface area contributed by atoms with Crippen LogP contribution in [0.2, 0.25) is 0 Å². The highest BCUT2D eigenvalue weighted by molar-refractivity contribution is 8.04. The summed E-state index contributed by atoms with van der Waals surface area (Å²) in [7, 11) is 0. The van der Waals surface area contributed by atoms with Gasteiger partial charge in [-0.15, -0.1) is 11.8 Å². The summed E-state index contributed by atoms with van der Waals surface area (Å²) in [6.07, 6.45) is 8.59. The number of thioether (sulfide) groups is 1. The van der Waals surface area contributed by atoms with Crippen molar-refractivity contribution in [1.29, 1.82) is 0 Å². The van der Waals surface area contributed by atoms with Crippen molar-refractivity contribution in [2.45, 2.75) is 82.8 Å². The molecule has 0 heterocycles. The molecule has 122 valence electrons. The SMILES string of the molecule is C=C(CCC1CCC(C)C[C@@H](C)C1)SC1(C(C)(F)F)CC1. The van der Waals surface area contributed by atoms with Gasteiger partial charge in [0.25, 0.3) is 5.92 Å². The van der Waals surface area contributed by atoms with Crippen LogP contribution in [0.5, 0.6) is 0 Å². The second kappa shape index (κ2) is 6.60. The molecule has 2 aliphatic rings. The Morgan fingerprint density at radius 2 is 1.86 bits per heavy atom. The molecule has 21 heavy (non-hydrogen) atoms. The summed E-state index contributed by atoms with van der Waals surface area (Å²) in [5.74, 6) is -0.161. The Morgan fingerprint density at radius 1 is 1.19 bits per heavy atom. The van der Waals surface area contributed by atoms with Gasteiger partial charge in [-0.1, -0.05) is 33.3 Å². The van der Waals surface area contributed by atoms with Crippen LogP contribution in [0.1, 0.15) is 72.1 Å². The average Bonchev–Trinajstić information content (AvgIpc) is 3.13. The van der Waals surface area contributed by atoms with Crippen LogP contribution in [0.15, 0.2) is 11.5 Å². The lowest BCUT2D eigenvalue weighted by molar-refractivity contribution is 0.0117. The average molecular weight is 317 g/mol. The van der Waals surface area contributed by atoms with Gasteiger partial charge in [0.05, 0.1) is 4.75 Å². The highest BCUT2D eigenvalue weighted by Crippen LogP contribution is 2.60. The molecule has 3 atom stereocenters. The minimum Gasteiger partial charge on any atom is -0.206 e. The lowest BCUT2D eigenvalue weighted by Gasteiger charge is -2.24. The number of hydrogen-bond acceptors (Lipinski definition) is 1. The fourth-order valence-electron chi connectivity index (χ4n) is 3.81. The van der Waals surface area contributed by atoms with Crippen LogP contribution in [0.4, 0.5) is 8.78 Å². The first-order chi connectivity index (χ1) is 9.72. The Labute approximate surface area is 133 Å². The van der Waals surface area contributed by atoms with Gasteiger partial charge < -0.3 is 0 Å². The second-order valence-corrected chi connectivity index (χ2v) is 9.25. The number of allylic oxidation sites excluding steroid dienone is 1. The Balaban J connectivity index is 1.76. The molecule has 0 saturated heterocycles. The third-order valence-electron chi connectivity index (χ3n) is 5.28. The Hall–Kier alpha value is -0.0500. The first kappa shape index (κ1) is 17.3. The molecular weight excluding hydrogens is 286 g/mol. The molecule has 0 aromatic rings. The van der Waals surface area contributed by atoms with Crippen molar-refractivity contribution in [3.8, 4) is 0 Å². The number of halogens is 2. The predicted octanol–water partition coefficient (Wildman–Crippen LogP) is 6.66. The molecule has 0 aromatic heterocycles. The van der Waals surface area contributed by atoms with E-state index in [1.54, 1.807) is 0 Å². The van der Waals surface area contributed by atoms with Crippen molar-refractivity contribution >= 4 is 11.8 Å². The summed E-state index contributed by atoms with van der Waals surface area (Å²) in [5, 5.41) is 0. The molecule has 2 saturated carbocycles. The highest BCUT2D eigenvalue weighted by atomic mass is 32.2. The second-order valence-electron chi connectivity index (χ2n) is 7.69. The minimum atomic E-state index is -2.58. The topological polar surface area (TPSA) is 0 Å². The maximum Gasteiger partial charge on any atom is 0.260 e. The molecule has 2 aliphatic carbocycles. The summed E-state index contributed by atoms with van der Waals surface area (Å²) in [5.41, 5.74) is 0. The zero-order valence-electron chi connectivity index (χ0n) is 13.8. The van der Waals surface area contributed by atoms with Gasteiger partial charge in [-0.3, -0.25) is 0 Å². The first-order valence-corrected chi connectivity index (χ1v) is 9.28. The van der Waals surface area contributed by atoms with Crippen LogP contribution in [0.25, 0.3) is 0 Å². The Morgan fingerprint density at radius 3 is 2.43 bits per heavy atom. The van der Waals surface area contributed by atoms with Crippen LogP contribution < -0.4 is 0 Å². The quantitative estimate of drug-likeness (QED) is 0.493. The van der Waals surface area contributed by atoms with E-state index >= 15 is 0 Å². The monoisotopic (exact) mass is 316 g/mol.